The van der Waals surface area contributed by atoms with E-state index in [1.165, 1.54) is 5.56 Å². The van der Waals surface area contributed by atoms with Gasteiger partial charge in [-0.2, -0.15) is 0 Å². The first-order valence-corrected chi connectivity index (χ1v) is 7.21. The van der Waals surface area contributed by atoms with Gasteiger partial charge in [0.2, 0.25) is 0 Å². The maximum Gasteiger partial charge on any atom is 0.179 e. The van der Waals surface area contributed by atoms with Gasteiger partial charge in [0.15, 0.2) is 9.84 Å². The summed E-state index contributed by atoms with van der Waals surface area (Å²) in [7, 11) is -1.37. The van der Waals surface area contributed by atoms with Crippen molar-refractivity contribution in [3.05, 3.63) is 29.8 Å². The van der Waals surface area contributed by atoms with E-state index < -0.39 is 9.84 Å². The van der Waals surface area contributed by atoms with Crippen molar-refractivity contribution in [2.75, 3.05) is 19.3 Å². The van der Waals surface area contributed by atoms with Gasteiger partial charge in [0.1, 0.15) is 0 Å². The van der Waals surface area contributed by atoms with Crippen LogP contribution in [0.25, 0.3) is 0 Å². The van der Waals surface area contributed by atoms with Crippen LogP contribution in [0, 0.1) is 0 Å². The number of hydrogen-bond donors (Lipinski definition) is 1. The van der Waals surface area contributed by atoms with E-state index in [1.807, 2.05) is 12.1 Å². The van der Waals surface area contributed by atoms with E-state index in [-0.39, 0.29) is 5.75 Å². The third-order valence-electron chi connectivity index (χ3n) is 2.44. The highest BCUT2D eigenvalue weighted by atomic mass is 32.2. The summed E-state index contributed by atoms with van der Waals surface area (Å²) < 4.78 is 23.6. The van der Waals surface area contributed by atoms with Crippen LogP contribution in [0.2, 0.25) is 0 Å². The normalized spacial score (nSPS) is 11.6. The van der Waals surface area contributed by atoms with E-state index in [0.717, 1.165) is 12.8 Å². The minimum atomic E-state index is -3.12. The average Bonchev–Trinajstić information content (AvgIpc) is 2.28. The third kappa shape index (κ3) is 3.61. The number of nitrogens with one attached hydrogen (secondary N) is 1. The van der Waals surface area contributed by atoms with Crippen LogP contribution >= 0.6 is 0 Å². The summed E-state index contributed by atoms with van der Waals surface area (Å²) in [6.07, 6.45) is 2.07. The zero-order valence-corrected chi connectivity index (χ0v) is 10.7. The molecule has 0 aliphatic carbocycles. The molecule has 0 unspecified atom stereocenters. The lowest BCUT2D eigenvalue weighted by molar-refractivity contribution is 0.593. The van der Waals surface area contributed by atoms with Crippen LogP contribution in [0.15, 0.2) is 29.2 Å². The number of benzene rings is 1. The van der Waals surface area contributed by atoms with Gasteiger partial charge >= 0.3 is 0 Å². The van der Waals surface area contributed by atoms with Crippen molar-refractivity contribution in [3.8, 4) is 0 Å². The molecular formula is C12H19NO2S. The fraction of sp³-hybridized carbons (Fsp3) is 0.500. The second-order valence-electron chi connectivity index (χ2n) is 3.82. The molecule has 1 rings (SSSR count). The summed E-state index contributed by atoms with van der Waals surface area (Å²) in [4.78, 5) is 0.419. The Morgan fingerprint density at radius 2 is 1.81 bits per heavy atom. The van der Waals surface area contributed by atoms with E-state index in [0.29, 0.717) is 11.4 Å². The molecule has 1 aromatic carbocycles. The molecule has 0 heterocycles. The molecule has 90 valence electrons. The van der Waals surface area contributed by atoms with Crippen LogP contribution < -0.4 is 5.32 Å². The van der Waals surface area contributed by atoms with Crippen LogP contribution in [-0.2, 0) is 16.3 Å². The molecule has 1 N–H and O–H groups in total. The van der Waals surface area contributed by atoms with Gasteiger partial charge in [0.05, 0.1) is 10.6 Å². The smallest absolute Gasteiger partial charge is 0.179 e. The molecule has 0 bridgehead atoms. The maximum absolute atomic E-state index is 11.8. The molecule has 0 aromatic heterocycles. The zero-order valence-electron chi connectivity index (χ0n) is 9.86. The standard InChI is InChI=1S/C12H19NO2S/c1-3-4-11-5-7-12(8-6-11)16(14,15)10-9-13-2/h5-8,13H,3-4,9-10H2,1-2H3. The molecule has 0 aliphatic rings. The van der Waals surface area contributed by atoms with Crippen molar-refractivity contribution in [3.63, 3.8) is 0 Å². The largest absolute Gasteiger partial charge is 0.319 e. The topological polar surface area (TPSA) is 46.2 Å². The fourth-order valence-electron chi connectivity index (χ4n) is 1.51. The molecule has 0 saturated heterocycles. The molecule has 1 aromatic rings. The molecular weight excluding hydrogens is 222 g/mol. The van der Waals surface area contributed by atoms with Crippen molar-refractivity contribution in [1.82, 2.24) is 5.32 Å². The Labute approximate surface area is 97.8 Å². The van der Waals surface area contributed by atoms with Crippen LogP contribution in [0.5, 0.6) is 0 Å². The van der Waals surface area contributed by atoms with Gasteiger partial charge in [-0.1, -0.05) is 25.5 Å². The van der Waals surface area contributed by atoms with Gasteiger partial charge in [0.25, 0.3) is 0 Å². The SMILES string of the molecule is CCCc1ccc(S(=O)(=O)CCNC)cc1. The Morgan fingerprint density at radius 3 is 2.31 bits per heavy atom. The first-order chi connectivity index (χ1) is 7.60. The second kappa shape index (κ2) is 6.01. The lowest BCUT2D eigenvalue weighted by Crippen LogP contribution is -2.19. The first-order valence-electron chi connectivity index (χ1n) is 5.56. The first kappa shape index (κ1) is 13.2. The summed E-state index contributed by atoms with van der Waals surface area (Å²) in [6, 6.07) is 7.21. The number of rotatable bonds is 6. The summed E-state index contributed by atoms with van der Waals surface area (Å²) in [6.45, 7) is 2.59. The van der Waals surface area contributed by atoms with Crippen molar-refractivity contribution >= 4 is 9.84 Å². The summed E-state index contributed by atoms with van der Waals surface area (Å²) >= 11 is 0. The van der Waals surface area contributed by atoms with E-state index in [2.05, 4.69) is 12.2 Å². The average molecular weight is 241 g/mol. The molecule has 0 amide bonds. The Morgan fingerprint density at radius 1 is 1.19 bits per heavy atom. The Hall–Kier alpha value is -0.870. The Kier molecular flexibility index (Phi) is 4.96. The highest BCUT2D eigenvalue weighted by Crippen LogP contribution is 2.13. The predicted molar refractivity (Wildman–Crippen MR) is 66.4 cm³/mol. The summed E-state index contributed by atoms with van der Waals surface area (Å²) in [5.41, 5.74) is 1.19. The Bertz CT molecular complexity index is 409. The van der Waals surface area contributed by atoms with Crippen LogP contribution in [-0.4, -0.2) is 27.8 Å². The lowest BCUT2D eigenvalue weighted by Gasteiger charge is -2.05. The predicted octanol–water partition coefficient (Wildman–Crippen LogP) is 1.63. The van der Waals surface area contributed by atoms with Crippen LogP contribution in [0.3, 0.4) is 0 Å². The highest BCUT2D eigenvalue weighted by Gasteiger charge is 2.12. The molecule has 0 atom stereocenters. The molecule has 0 fully saturated rings. The van der Waals surface area contributed by atoms with Gasteiger partial charge in [-0.25, -0.2) is 8.42 Å². The van der Waals surface area contributed by atoms with E-state index in [9.17, 15) is 8.42 Å². The van der Waals surface area contributed by atoms with Crippen LogP contribution in [0.1, 0.15) is 18.9 Å². The number of hydrogen-bond acceptors (Lipinski definition) is 3. The van der Waals surface area contributed by atoms with E-state index in [1.54, 1.807) is 19.2 Å². The zero-order chi connectivity index (χ0) is 12.0. The maximum atomic E-state index is 11.8. The monoisotopic (exact) mass is 241 g/mol. The molecule has 3 nitrogen and oxygen atoms in total. The van der Waals surface area contributed by atoms with Gasteiger partial charge in [-0.15, -0.1) is 0 Å². The Balaban J connectivity index is 2.80. The van der Waals surface area contributed by atoms with E-state index in [4.69, 9.17) is 0 Å². The molecule has 0 saturated carbocycles. The minimum absolute atomic E-state index is 0.149. The van der Waals surface area contributed by atoms with Crippen molar-refractivity contribution in [2.24, 2.45) is 0 Å². The van der Waals surface area contributed by atoms with E-state index >= 15 is 0 Å². The van der Waals surface area contributed by atoms with Gasteiger partial charge in [-0.05, 0) is 31.2 Å². The second-order valence-corrected chi connectivity index (χ2v) is 5.93. The third-order valence-corrected chi connectivity index (χ3v) is 4.17. The molecule has 0 radical (unpaired) electrons. The molecule has 0 spiro atoms. The molecule has 4 heteroatoms. The fourth-order valence-corrected chi connectivity index (χ4v) is 2.77. The number of aryl methyl sites for hydroxylation is 1. The lowest BCUT2D eigenvalue weighted by atomic mass is 10.1. The number of sulfone groups is 1. The highest BCUT2D eigenvalue weighted by molar-refractivity contribution is 7.91. The van der Waals surface area contributed by atoms with Crippen molar-refractivity contribution in [2.45, 2.75) is 24.7 Å². The molecule has 16 heavy (non-hydrogen) atoms. The van der Waals surface area contributed by atoms with Gasteiger partial charge in [-0.3, -0.25) is 0 Å². The van der Waals surface area contributed by atoms with Crippen molar-refractivity contribution < 1.29 is 8.42 Å². The van der Waals surface area contributed by atoms with Crippen molar-refractivity contribution in [1.29, 1.82) is 0 Å². The quantitative estimate of drug-likeness (QED) is 0.823. The van der Waals surface area contributed by atoms with Gasteiger partial charge in [0, 0.05) is 6.54 Å². The van der Waals surface area contributed by atoms with Gasteiger partial charge < -0.3 is 5.32 Å². The minimum Gasteiger partial charge on any atom is -0.319 e. The summed E-state index contributed by atoms with van der Waals surface area (Å²) in [5, 5.41) is 2.85. The summed E-state index contributed by atoms with van der Waals surface area (Å²) in [5.74, 6) is 0.149. The van der Waals surface area contributed by atoms with Crippen LogP contribution in [0.4, 0.5) is 0 Å². The molecule has 0 aliphatic heterocycles.